The van der Waals surface area contributed by atoms with Crippen molar-refractivity contribution in [3.05, 3.63) is 11.6 Å². The number of ether oxygens (including phenoxy) is 1. The minimum absolute atomic E-state index is 0.00101. The molecule has 0 aromatic carbocycles. The zero-order valence-corrected chi connectivity index (χ0v) is 25.2. The highest BCUT2D eigenvalue weighted by atomic mass is 16.6. The third-order valence-electron chi connectivity index (χ3n) is 11.4. The predicted octanol–water partition coefficient (Wildman–Crippen LogP) is 7.54. The number of amides is 1. The molecule has 0 aromatic rings. The SMILES string of the molecule is CCCCN(CCCC)CCCNC(=O)OC1CC[C@@]2(C)C(=CCC3C2CC[C@@]2(C)C3CC[C@@H]2C(C)=O)C1. The molecule has 0 aliphatic heterocycles. The van der Waals surface area contributed by atoms with E-state index in [2.05, 4.69) is 44.0 Å². The largest absolute Gasteiger partial charge is 0.446 e. The predicted molar refractivity (Wildman–Crippen MR) is 155 cm³/mol. The van der Waals surface area contributed by atoms with E-state index in [4.69, 9.17) is 4.74 Å². The summed E-state index contributed by atoms with van der Waals surface area (Å²) in [6.07, 6.45) is 17.1. The van der Waals surface area contributed by atoms with Crippen molar-refractivity contribution in [2.45, 2.75) is 124 Å². The molecule has 4 unspecified atom stereocenters. The summed E-state index contributed by atoms with van der Waals surface area (Å²) in [7, 11) is 0. The number of hydrogen-bond donors (Lipinski definition) is 1. The maximum absolute atomic E-state index is 12.6. The molecular formula is C33H56N2O3. The van der Waals surface area contributed by atoms with Gasteiger partial charge in [0.25, 0.3) is 0 Å². The van der Waals surface area contributed by atoms with Gasteiger partial charge in [-0.05, 0) is 119 Å². The van der Waals surface area contributed by atoms with Crippen LogP contribution >= 0.6 is 0 Å². The number of unbranched alkanes of at least 4 members (excludes halogenated alkanes) is 2. The fraction of sp³-hybridized carbons (Fsp3) is 0.879. The molecule has 0 aromatic heterocycles. The van der Waals surface area contributed by atoms with Crippen LogP contribution in [0.3, 0.4) is 0 Å². The minimum Gasteiger partial charge on any atom is -0.446 e. The third-order valence-corrected chi connectivity index (χ3v) is 11.4. The summed E-state index contributed by atoms with van der Waals surface area (Å²) in [5, 5.41) is 3.03. The molecule has 1 N–H and O–H groups in total. The summed E-state index contributed by atoms with van der Waals surface area (Å²) >= 11 is 0. The second kappa shape index (κ2) is 12.9. The summed E-state index contributed by atoms with van der Waals surface area (Å²) in [4.78, 5) is 27.6. The number of carbonyl (C=O) groups is 2. The molecule has 5 nitrogen and oxygen atoms in total. The summed E-state index contributed by atoms with van der Waals surface area (Å²) in [6.45, 7) is 15.3. The molecule has 5 heteroatoms. The Hall–Kier alpha value is -1.36. The number of alkyl carbamates (subject to hydrolysis) is 1. The van der Waals surface area contributed by atoms with Gasteiger partial charge in [0.1, 0.15) is 11.9 Å². The van der Waals surface area contributed by atoms with Crippen molar-refractivity contribution in [1.29, 1.82) is 0 Å². The summed E-state index contributed by atoms with van der Waals surface area (Å²) in [5.41, 5.74) is 1.97. The first-order chi connectivity index (χ1) is 18.2. The quantitative estimate of drug-likeness (QED) is 0.210. The molecule has 0 heterocycles. The molecule has 3 fully saturated rings. The van der Waals surface area contributed by atoms with Gasteiger partial charge in [0.15, 0.2) is 0 Å². The molecule has 216 valence electrons. The standard InChI is InChI=1S/C33H56N2O3/c1-6-8-20-35(21-9-7-2)22-10-19-34-31(37)38-26-15-17-32(4)25(23-26)11-12-27-29-14-13-28(24(3)36)33(29,5)18-16-30(27)32/h11,26-30H,6-10,12-23H2,1-5H3,(H,34,37)/t26?,27?,28-,29?,30?,32+,33-/m1/s1. The van der Waals surface area contributed by atoms with E-state index < -0.39 is 0 Å². The molecule has 0 bridgehead atoms. The third kappa shape index (κ3) is 6.18. The van der Waals surface area contributed by atoms with Crippen LogP contribution < -0.4 is 5.32 Å². The smallest absolute Gasteiger partial charge is 0.407 e. The number of Topliss-reactive ketones (excluding diaryl/α,β-unsaturated/α-hetero) is 1. The zero-order valence-electron chi connectivity index (χ0n) is 25.2. The monoisotopic (exact) mass is 528 g/mol. The molecule has 3 saturated carbocycles. The van der Waals surface area contributed by atoms with Crippen LogP contribution in [0.15, 0.2) is 11.6 Å². The number of hydrogen-bond acceptors (Lipinski definition) is 4. The van der Waals surface area contributed by atoms with Crippen molar-refractivity contribution >= 4 is 11.9 Å². The van der Waals surface area contributed by atoms with Crippen molar-refractivity contribution in [1.82, 2.24) is 10.2 Å². The summed E-state index contributed by atoms with van der Waals surface area (Å²) in [5.74, 6) is 2.79. The Morgan fingerprint density at radius 2 is 1.68 bits per heavy atom. The van der Waals surface area contributed by atoms with Crippen LogP contribution in [0.4, 0.5) is 4.79 Å². The number of nitrogens with zero attached hydrogens (tertiary/aromatic N) is 1. The zero-order chi connectivity index (χ0) is 27.3. The Morgan fingerprint density at radius 1 is 0.974 bits per heavy atom. The lowest BCUT2D eigenvalue weighted by molar-refractivity contribution is -0.127. The van der Waals surface area contributed by atoms with Crippen LogP contribution in [0.1, 0.15) is 118 Å². The number of rotatable bonds is 12. The van der Waals surface area contributed by atoms with Gasteiger partial charge in [0.2, 0.25) is 0 Å². The van der Waals surface area contributed by atoms with Crippen molar-refractivity contribution < 1.29 is 14.3 Å². The van der Waals surface area contributed by atoms with Crippen LogP contribution in [-0.4, -0.2) is 49.1 Å². The fourth-order valence-electron chi connectivity index (χ4n) is 9.18. The van der Waals surface area contributed by atoms with E-state index in [1.807, 2.05) is 6.92 Å². The Bertz CT molecular complexity index is 847. The van der Waals surface area contributed by atoms with Crippen LogP contribution in [0.2, 0.25) is 0 Å². The topological polar surface area (TPSA) is 58.6 Å². The van der Waals surface area contributed by atoms with Gasteiger partial charge in [0, 0.05) is 18.9 Å². The molecule has 0 radical (unpaired) electrons. The minimum atomic E-state index is -0.240. The first kappa shape index (κ1) is 29.6. The maximum atomic E-state index is 12.6. The van der Waals surface area contributed by atoms with Gasteiger partial charge >= 0.3 is 6.09 Å². The number of ketones is 1. The molecule has 38 heavy (non-hydrogen) atoms. The van der Waals surface area contributed by atoms with Crippen molar-refractivity contribution in [2.24, 2.45) is 34.5 Å². The average Bonchev–Trinajstić information content (AvgIpc) is 3.25. The number of fused-ring (bicyclic) bond motifs is 5. The Balaban J connectivity index is 1.26. The molecule has 4 aliphatic rings. The van der Waals surface area contributed by atoms with E-state index >= 15 is 0 Å². The first-order valence-electron chi connectivity index (χ1n) is 16.1. The first-order valence-corrected chi connectivity index (χ1v) is 16.1. The van der Waals surface area contributed by atoms with Crippen molar-refractivity contribution in [3.8, 4) is 0 Å². The van der Waals surface area contributed by atoms with E-state index in [9.17, 15) is 9.59 Å². The second-order valence-corrected chi connectivity index (χ2v) is 13.6. The molecule has 0 spiro atoms. The lowest BCUT2D eigenvalue weighted by atomic mass is 9.47. The highest BCUT2D eigenvalue weighted by Gasteiger charge is 2.59. The Morgan fingerprint density at radius 3 is 2.37 bits per heavy atom. The number of allylic oxidation sites excluding steroid dienone is 1. The van der Waals surface area contributed by atoms with Gasteiger partial charge in [-0.1, -0.05) is 52.2 Å². The van der Waals surface area contributed by atoms with Gasteiger partial charge in [0.05, 0.1) is 0 Å². The lowest BCUT2D eigenvalue weighted by Gasteiger charge is -2.58. The van der Waals surface area contributed by atoms with Crippen LogP contribution in [0.5, 0.6) is 0 Å². The maximum Gasteiger partial charge on any atom is 0.407 e. The van der Waals surface area contributed by atoms with Crippen LogP contribution in [-0.2, 0) is 9.53 Å². The van der Waals surface area contributed by atoms with Crippen molar-refractivity contribution in [3.63, 3.8) is 0 Å². The summed E-state index contributed by atoms with van der Waals surface area (Å²) in [6, 6.07) is 0. The molecule has 0 saturated heterocycles. The normalized spacial score (nSPS) is 36.2. The molecule has 1 amide bonds. The summed E-state index contributed by atoms with van der Waals surface area (Å²) < 4.78 is 5.94. The van der Waals surface area contributed by atoms with Crippen molar-refractivity contribution in [2.75, 3.05) is 26.2 Å². The average molecular weight is 529 g/mol. The van der Waals surface area contributed by atoms with Gasteiger partial charge < -0.3 is 15.0 Å². The second-order valence-electron chi connectivity index (χ2n) is 13.6. The number of carbonyl (C=O) groups excluding carboxylic acids is 2. The van der Waals surface area contributed by atoms with E-state index in [1.54, 1.807) is 0 Å². The van der Waals surface area contributed by atoms with Crippen LogP contribution in [0, 0.1) is 34.5 Å². The lowest BCUT2D eigenvalue weighted by Crippen LogP contribution is -2.51. The number of nitrogens with one attached hydrogen (secondary N) is 1. The van der Waals surface area contributed by atoms with E-state index in [1.165, 1.54) is 50.5 Å². The molecule has 4 aliphatic carbocycles. The highest BCUT2D eigenvalue weighted by molar-refractivity contribution is 5.79. The highest BCUT2D eigenvalue weighted by Crippen LogP contribution is 2.66. The van der Waals surface area contributed by atoms with E-state index in [0.717, 1.165) is 58.2 Å². The van der Waals surface area contributed by atoms with Gasteiger partial charge in [-0.25, -0.2) is 4.79 Å². The van der Waals surface area contributed by atoms with E-state index in [-0.39, 0.29) is 28.9 Å². The molecule has 7 atom stereocenters. The van der Waals surface area contributed by atoms with E-state index in [0.29, 0.717) is 30.1 Å². The van der Waals surface area contributed by atoms with Gasteiger partial charge in [-0.2, -0.15) is 0 Å². The fourth-order valence-corrected chi connectivity index (χ4v) is 9.18. The van der Waals surface area contributed by atoms with Gasteiger partial charge in [-0.3, -0.25) is 4.79 Å². The Kier molecular flexibility index (Phi) is 10.0. The Labute approximate surface area is 232 Å². The van der Waals surface area contributed by atoms with Gasteiger partial charge in [-0.15, -0.1) is 0 Å². The molecule has 4 rings (SSSR count). The van der Waals surface area contributed by atoms with Crippen LogP contribution in [0.25, 0.3) is 0 Å². The molecular weight excluding hydrogens is 472 g/mol.